The average molecular weight is 230 g/mol. The third-order valence-corrected chi connectivity index (χ3v) is 2.85. The molecule has 0 saturated heterocycles. The minimum atomic E-state index is 0.565. The maximum atomic E-state index is 4.42. The molecule has 3 rings (SSSR count). The quantitative estimate of drug-likeness (QED) is 0.833. The molecule has 6 nitrogen and oxygen atoms in total. The van der Waals surface area contributed by atoms with Crippen LogP contribution in [0.5, 0.6) is 0 Å². The highest BCUT2D eigenvalue weighted by Gasteiger charge is 2.20. The van der Waals surface area contributed by atoms with Gasteiger partial charge in [-0.25, -0.2) is 15.0 Å². The third-order valence-electron chi connectivity index (χ3n) is 2.85. The van der Waals surface area contributed by atoms with Crippen LogP contribution >= 0.6 is 0 Å². The van der Waals surface area contributed by atoms with Crippen LogP contribution in [0.4, 0.5) is 0 Å². The molecule has 88 valence electrons. The van der Waals surface area contributed by atoms with E-state index < -0.39 is 0 Å². The van der Waals surface area contributed by atoms with Crippen LogP contribution in [-0.4, -0.2) is 30.8 Å². The van der Waals surface area contributed by atoms with E-state index in [4.69, 9.17) is 0 Å². The Morgan fingerprint density at radius 3 is 3.00 bits per heavy atom. The standard InChI is InChI=1S/C11H14N6/c1-8-9(4-13-10-2-3-10)5-14-11(16-8)17-7-12-6-15-17/h5-7,10,13H,2-4H2,1H3. The first kappa shape index (κ1) is 10.3. The van der Waals surface area contributed by atoms with E-state index in [0.29, 0.717) is 12.0 Å². The number of hydrogen-bond donors (Lipinski definition) is 1. The van der Waals surface area contributed by atoms with Crippen molar-refractivity contribution in [2.45, 2.75) is 32.4 Å². The number of aromatic nitrogens is 5. The number of rotatable bonds is 4. The zero-order valence-electron chi connectivity index (χ0n) is 9.67. The molecule has 0 atom stereocenters. The summed E-state index contributed by atoms with van der Waals surface area (Å²) >= 11 is 0. The molecule has 1 saturated carbocycles. The van der Waals surface area contributed by atoms with Crippen molar-refractivity contribution in [2.24, 2.45) is 0 Å². The summed E-state index contributed by atoms with van der Waals surface area (Å²) in [7, 11) is 0. The summed E-state index contributed by atoms with van der Waals surface area (Å²) in [4.78, 5) is 12.6. The van der Waals surface area contributed by atoms with E-state index in [0.717, 1.165) is 17.8 Å². The zero-order chi connectivity index (χ0) is 11.7. The normalized spacial score (nSPS) is 15.1. The van der Waals surface area contributed by atoms with Gasteiger partial charge in [-0.1, -0.05) is 0 Å². The van der Waals surface area contributed by atoms with E-state index in [9.17, 15) is 0 Å². The van der Waals surface area contributed by atoms with Gasteiger partial charge in [-0.05, 0) is 19.8 Å². The number of nitrogens with zero attached hydrogens (tertiary/aromatic N) is 5. The summed E-state index contributed by atoms with van der Waals surface area (Å²) in [5, 5.41) is 7.46. The Morgan fingerprint density at radius 1 is 1.47 bits per heavy atom. The van der Waals surface area contributed by atoms with Gasteiger partial charge in [-0.15, -0.1) is 0 Å². The molecule has 2 aromatic heterocycles. The van der Waals surface area contributed by atoms with Crippen molar-refractivity contribution in [3.8, 4) is 5.95 Å². The molecule has 17 heavy (non-hydrogen) atoms. The molecule has 2 aromatic rings. The summed E-state index contributed by atoms with van der Waals surface area (Å²) in [6.45, 7) is 2.83. The molecule has 0 spiro atoms. The number of nitrogens with one attached hydrogen (secondary N) is 1. The molecule has 6 heteroatoms. The minimum absolute atomic E-state index is 0.565. The topological polar surface area (TPSA) is 68.5 Å². The second-order valence-electron chi connectivity index (χ2n) is 4.28. The molecule has 0 amide bonds. The summed E-state index contributed by atoms with van der Waals surface area (Å²) in [6.07, 6.45) is 7.50. The largest absolute Gasteiger partial charge is 0.310 e. The molecule has 1 fully saturated rings. The van der Waals surface area contributed by atoms with E-state index in [2.05, 4.69) is 25.4 Å². The van der Waals surface area contributed by atoms with Gasteiger partial charge in [0.1, 0.15) is 12.7 Å². The van der Waals surface area contributed by atoms with Crippen molar-refractivity contribution in [3.05, 3.63) is 30.1 Å². The van der Waals surface area contributed by atoms with Gasteiger partial charge in [0.2, 0.25) is 0 Å². The Kier molecular flexibility index (Phi) is 2.56. The van der Waals surface area contributed by atoms with Gasteiger partial charge in [0.05, 0.1) is 0 Å². The maximum absolute atomic E-state index is 4.42. The molecule has 0 aliphatic heterocycles. The first-order chi connectivity index (χ1) is 8.33. The predicted molar refractivity (Wildman–Crippen MR) is 61.5 cm³/mol. The lowest BCUT2D eigenvalue weighted by Crippen LogP contribution is -2.17. The average Bonchev–Trinajstić information content (AvgIpc) is 3.00. The Hall–Kier alpha value is -1.82. The van der Waals surface area contributed by atoms with Gasteiger partial charge in [-0.3, -0.25) is 0 Å². The van der Waals surface area contributed by atoms with Crippen LogP contribution in [0, 0.1) is 6.92 Å². The van der Waals surface area contributed by atoms with E-state index in [1.807, 2.05) is 13.1 Å². The van der Waals surface area contributed by atoms with Gasteiger partial charge in [-0.2, -0.15) is 9.78 Å². The van der Waals surface area contributed by atoms with Crippen molar-refractivity contribution in [1.82, 2.24) is 30.0 Å². The Labute approximate surface area is 99.1 Å². The Morgan fingerprint density at radius 2 is 2.35 bits per heavy atom. The van der Waals surface area contributed by atoms with Gasteiger partial charge in [0, 0.05) is 30.0 Å². The smallest absolute Gasteiger partial charge is 0.252 e. The van der Waals surface area contributed by atoms with Gasteiger partial charge in [0.15, 0.2) is 0 Å². The highest BCUT2D eigenvalue weighted by Crippen LogP contribution is 2.19. The fraction of sp³-hybridized carbons (Fsp3) is 0.455. The SMILES string of the molecule is Cc1nc(-n2cncn2)ncc1CNC1CC1. The van der Waals surface area contributed by atoms with Crippen molar-refractivity contribution in [2.75, 3.05) is 0 Å². The van der Waals surface area contributed by atoms with E-state index in [-0.39, 0.29) is 0 Å². The minimum Gasteiger partial charge on any atom is -0.310 e. The number of aryl methyl sites for hydroxylation is 1. The lowest BCUT2D eigenvalue weighted by molar-refractivity contribution is 0.675. The summed E-state index contributed by atoms with van der Waals surface area (Å²) in [6, 6.07) is 0.699. The van der Waals surface area contributed by atoms with Crippen LogP contribution in [0.15, 0.2) is 18.9 Å². The molecule has 0 radical (unpaired) electrons. The van der Waals surface area contributed by atoms with Crippen LogP contribution in [0.3, 0.4) is 0 Å². The molecular weight excluding hydrogens is 216 g/mol. The molecule has 0 unspecified atom stereocenters. The second kappa shape index (κ2) is 4.21. The van der Waals surface area contributed by atoms with Crippen LogP contribution in [0.2, 0.25) is 0 Å². The van der Waals surface area contributed by atoms with Crippen molar-refractivity contribution in [3.63, 3.8) is 0 Å². The van der Waals surface area contributed by atoms with E-state index in [1.165, 1.54) is 19.2 Å². The van der Waals surface area contributed by atoms with Crippen LogP contribution in [0.1, 0.15) is 24.1 Å². The van der Waals surface area contributed by atoms with Crippen molar-refractivity contribution in [1.29, 1.82) is 0 Å². The summed E-state index contributed by atoms with van der Waals surface area (Å²) < 4.78 is 1.56. The fourth-order valence-corrected chi connectivity index (χ4v) is 1.62. The highest BCUT2D eigenvalue weighted by molar-refractivity contribution is 5.20. The fourth-order valence-electron chi connectivity index (χ4n) is 1.62. The molecular formula is C11H14N6. The number of hydrogen-bond acceptors (Lipinski definition) is 5. The van der Waals surface area contributed by atoms with Gasteiger partial charge < -0.3 is 5.32 Å². The molecule has 0 aromatic carbocycles. The predicted octanol–water partition coefficient (Wildman–Crippen LogP) is 0.618. The first-order valence-corrected chi connectivity index (χ1v) is 5.74. The van der Waals surface area contributed by atoms with E-state index >= 15 is 0 Å². The molecule has 2 heterocycles. The monoisotopic (exact) mass is 230 g/mol. The van der Waals surface area contributed by atoms with Gasteiger partial charge in [0.25, 0.3) is 5.95 Å². The molecule has 1 N–H and O–H groups in total. The van der Waals surface area contributed by atoms with Crippen molar-refractivity contribution < 1.29 is 0 Å². The zero-order valence-corrected chi connectivity index (χ0v) is 9.67. The molecule has 1 aliphatic rings. The van der Waals surface area contributed by atoms with Crippen molar-refractivity contribution >= 4 is 0 Å². The molecule has 1 aliphatic carbocycles. The van der Waals surface area contributed by atoms with Crippen LogP contribution in [-0.2, 0) is 6.54 Å². The summed E-state index contributed by atoms with van der Waals surface area (Å²) in [5.74, 6) is 0.565. The lowest BCUT2D eigenvalue weighted by Gasteiger charge is -2.07. The first-order valence-electron chi connectivity index (χ1n) is 5.74. The third kappa shape index (κ3) is 2.31. The Balaban J connectivity index is 1.78. The van der Waals surface area contributed by atoms with E-state index in [1.54, 1.807) is 11.0 Å². The Bertz CT molecular complexity index is 503. The highest BCUT2D eigenvalue weighted by atomic mass is 15.4. The van der Waals surface area contributed by atoms with Crippen LogP contribution in [0.25, 0.3) is 5.95 Å². The summed E-state index contributed by atoms with van der Waals surface area (Å²) in [5.41, 5.74) is 2.12. The van der Waals surface area contributed by atoms with Gasteiger partial charge >= 0.3 is 0 Å². The van der Waals surface area contributed by atoms with Crippen LogP contribution < -0.4 is 5.32 Å². The second-order valence-corrected chi connectivity index (χ2v) is 4.28. The maximum Gasteiger partial charge on any atom is 0.252 e. The molecule has 0 bridgehead atoms. The lowest BCUT2D eigenvalue weighted by atomic mass is 10.2.